The topological polar surface area (TPSA) is 93.2 Å². The number of hydrogen-bond donors (Lipinski definition) is 0. The van der Waals surface area contributed by atoms with E-state index < -0.39 is 16.0 Å². The van der Waals surface area contributed by atoms with Crippen LogP contribution in [-0.2, 0) is 24.3 Å². The minimum atomic E-state index is -3.66. The lowest BCUT2D eigenvalue weighted by Gasteiger charge is -2.36. The molecule has 0 unspecified atom stereocenters. The number of likely N-dealkylation sites (tertiary alicyclic amines) is 1. The molecule has 2 fully saturated rings. The highest BCUT2D eigenvalue weighted by Crippen LogP contribution is 2.26. The Balaban J connectivity index is 1.55. The SMILES string of the molecule is CCOC(=O)c1ccc(S(=O)(=O)N2CCC(C(=O)N3CCC(OCC)CC3)CC2)cc1. The maximum absolute atomic E-state index is 13.0. The Hall–Kier alpha value is -1.97. The van der Waals surface area contributed by atoms with Crippen LogP contribution >= 0.6 is 0 Å². The van der Waals surface area contributed by atoms with Gasteiger partial charge in [0.1, 0.15) is 0 Å². The van der Waals surface area contributed by atoms with E-state index in [9.17, 15) is 18.0 Å². The summed E-state index contributed by atoms with van der Waals surface area (Å²) in [6, 6.07) is 5.79. The van der Waals surface area contributed by atoms with Gasteiger partial charge in [0.25, 0.3) is 0 Å². The zero-order valence-corrected chi connectivity index (χ0v) is 19.1. The van der Waals surface area contributed by atoms with Gasteiger partial charge in [0, 0.05) is 38.7 Å². The van der Waals surface area contributed by atoms with Crippen LogP contribution in [0.25, 0.3) is 0 Å². The van der Waals surface area contributed by atoms with Crippen LogP contribution in [0.2, 0.25) is 0 Å². The van der Waals surface area contributed by atoms with Gasteiger partial charge in [0.15, 0.2) is 0 Å². The Kier molecular flexibility index (Phi) is 8.07. The lowest BCUT2D eigenvalue weighted by Crippen LogP contribution is -2.47. The molecule has 172 valence electrons. The van der Waals surface area contributed by atoms with Gasteiger partial charge < -0.3 is 14.4 Å². The fraction of sp³-hybridized carbons (Fsp3) is 0.636. The predicted molar refractivity (Wildman–Crippen MR) is 115 cm³/mol. The number of piperidine rings is 2. The van der Waals surface area contributed by atoms with Crippen LogP contribution in [0.1, 0.15) is 49.9 Å². The zero-order chi connectivity index (χ0) is 22.4. The summed E-state index contributed by atoms with van der Waals surface area (Å²) in [7, 11) is -3.66. The summed E-state index contributed by atoms with van der Waals surface area (Å²) in [5.74, 6) is -0.483. The van der Waals surface area contributed by atoms with Crippen molar-refractivity contribution < 1.29 is 27.5 Å². The zero-order valence-electron chi connectivity index (χ0n) is 18.3. The fourth-order valence-electron chi connectivity index (χ4n) is 4.21. The second-order valence-electron chi connectivity index (χ2n) is 7.90. The van der Waals surface area contributed by atoms with Crippen LogP contribution in [-0.4, -0.2) is 75.0 Å². The smallest absolute Gasteiger partial charge is 0.338 e. The van der Waals surface area contributed by atoms with E-state index in [2.05, 4.69) is 0 Å². The highest BCUT2D eigenvalue weighted by Gasteiger charge is 2.35. The summed E-state index contributed by atoms with van der Waals surface area (Å²) < 4.78 is 37.9. The largest absolute Gasteiger partial charge is 0.462 e. The van der Waals surface area contributed by atoms with Gasteiger partial charge >= 0.3 is 5.97 Å². The summed E-state index contributed by atoms with van der Waals surface area (Å²) in [4.78, 5) is 26.7. The molecule has 0 saturated carbocycles. The van der Waals surface area contributed by atoms with Crippen LogP contribution in [0.5, 0.6) is 0 Å². The number of hydrogen-bond acceptors (Lipinski definition) is 6. The standard InChI is InChI=1S/C22H32N2O6S/c1-3-29-19-11-13-23(14-12-19)21(25)17-9-15-24(16-10-17)31(27,28)20-7-5-18(6-8-20)22(26)30-4-2/h5-8,17,19H,3-4,9-16H2,1-2H3. The van der Waals surface area contributed by atoms with Crippen molar-refractivity contribution in [3.05, 3.63) is 29.8 Å². The minimum absolute atomic E-state index is 0.130. The number of esters is 1. The number of ether oxygens (including phenoxy) is 2. The van der Waals surface area contributed by atoms with Crippen molar-refractivity contribution >= 4 is 21.9 Å². The normalized spacial score (nSPS) is 19.4. The van der Waals surface area contributed by atoms with Crippen LogP contribution in [0, 0.1) is 5.92 Å². The number of carbonyl (C=O) groups is 2. The van der Waals surface area contributed by atoms with E-state index in [4.69, 9.17) is 9.47 Å². The Morgan fingerprint density at radius 1 is 0.935 bits per heavy atom. The third-order valence-corrected chi connectivity index (χ3v) is 7.88. The number of benzene rings is 1. The molecule has 1 aromatic carbocycles. The Bertz CT molecular complexity index is 854. The van der Waals surface area contributed by atoms with Gasteiger partial charge in [-0.2, -0.15) is 4.31 Å². The number of sulfonamides is 1. The summed E-state index contributed by atoms with van der Waals surface area (Å²) in [6.07, 6.45) is 2.98. The molecule has 2 saturated heterocycles. The maximum Gasteiger partial charge on any atom is 0.338 e. The van der Waals surface area contributed by atoms with E-state index in [1.54, 1.807) is 6.92 Å². The number of nitrogens with zero attached hydrogens (tertiary/aromatic N) is 2. The summed E-state index contributed by atoms with van der Waals surface area (Å²) in [5.41, 5.74) is 0.318. The summed E-state index contributed by atoms with van der Waals surface area (Å²) in [5, 5.41) is 0. The molecule has 31 heavy (non-hydrogen) atoms. The third kappa shape index (κ3) is 5.64. The van der Waals surface area contributed by atoms with E-state index in [0.29, 0.717) is 51.2 Å². The van der Waals surface area contributed by atoms with E-state index in [1.807, 2.05) is 11.8 Å². The van der Waals surface area contributed by atoms with Gasteiger partial charge in [-0.3, -0.25) is 4.79 Å². The molecule has 2 aliphatic heterocycles. The van der Waals surface area contributed by atoms with Crippen molar-refractivity contribution in [1.82, 2.24) is 9.21 Å². The molecule has 0 aliphatic carbocycles. The summed E-state index contributed by atoms with van der Waals surface area (Å²) >= 11 is 0. The van der Waals surface area contributed by atoms with Gasteiger partial charge in [-0.1, -0.05) is 0 Å². The first-order valence-electron chi connectivity index (χ1n) is 11.0. The average Bonchev–Trinajstić information content (AvgIpc) is 2.80. The van der Waals surface area contributed by atoms with Crippen molar-refractivity contribution in [2.45, 2.75) is 50.5 Å². The molecule has 1 amide bonds. The van der Waals surface area contributed by atoms with E-state index in [1.165, 1.54) is 28.6 Å². The fourth-order valence-corrected chi connectivity index (χ4v) is 5.68. The maximum atomic E-state index is 13.0. The first kappa shape index (κ1) is 23.7. The first-order valence-corrected chi connectivity index (χ1v) is 12.5. The van der Waals surface area contributed by atoms with E-state index >= 15 is 0 Å². The summed E-state index contributed by atoms with van der Waals surface area (Å²) in [6.45, 7) is 6.68. The van der Waals surface area contributed by atoms with Gasteiger partial charge in [-0.05, 0) is 63.8 Å². The molecule has 0 radical (unpaired) electrons. The lowest BCUT2D eigenvalue weighted by molar-refractivity contribution is -0.139. The molecule has 3 rings (SSSR count). The second-order valence-corrected chi connectivity index (χ2v) is 9.84. The van der Waals surface area contributed by atoms with Gasteiger partial charge in [0.2, 0.25) is 15.9 Å². The van der Waals surface area contributed by atoms with Crippen molar-refractivity contribution in [3.8, 4) is 0 Å². The molecule has 0 aromatic heterocycles. The molecular formula is C22H32N2O6S. The molecule has 9 heteroatoms. The average molecular weight is 453 g/mol. The quantitative estimate of drug-likeness (QED) is 0.590. The van der Waals surface area contributed by atoms with Crippen molar-refractivity contribution in [2.24, 2.45) is 5.92 Å². The Labute approximate surface area is 184 Å². The monoisotopic (exact) mass is 452 g/mol. The predicted octanol–water partition coefficient (Wildman–Crippen LogP) is 2.29. The molecule has 0 spiro atoms. The highest BCUT2D eigenvalue weighted by atomic mass is 32.2. The molecule has 2 aliphatic rings. The van der Waals surface area contributed by atoms with Crippen LogP contribution < -0.4 is 0 Å². The van der Waals surface area contributed by atoms with Gasteiger partial charge in [-0.25, -0.2) is 13.2 Å². The number of amides is 1. The van der Waals surface area contributed by atoms with Crippen LogP contribution in [0.4, 0.5) is 0 Å². The minimum Gasteiger partial charge on any atom is -0.462 e. The van der Waals surface area contributed by atoms with E-state index in [0.717, 1.165) is 12.8 Å². The molecule has 0 atom stereocenters. The van der Waals surface area contributed by atoms with Crippen LogP contribution in [0.15, 0.2) is 29.2 Å². The van der Waals surface area contributed by atoms with Crippen molar-refractivity contribution in [2.75, 3.05) is 39.4 Å². The number of carbonyl (C=O) groups excluding carboxylic acids is 2. The molecular weight excluding hydrogens is 420 g/mol. The Morgan fingerprint density at radius 3 is 2.10 bits per heavy atom. The van der Waals surface area contributed by atoms with Crippen molar-refractivity contribution in [3.63, 3.8) is 0 Å². The van der Waals surface area contributed by atoms with Crippen LogP contribution in [0.3, 0.4) is 0 Å². The third-order valence-electron chi connectivity index (χ3n) is 5.96. The highest BCUT2D eigenvalue weighted by molar-refractivity contribution is 7.89. The second kappa shape index (κ2) is 10.6. The van der Waals surface area contributed by atoms with Gasteiger partial charge in [-0.15, -0.1) is 0 Å². The number of rotatable bonds is 7. The van der Waals surface area contributed by atoms with Crippen molar-refractivity contribution in [1.29, 1.82) is 0 Å². The lowest BCUT2D eigenvalue weighted by atomic mass is 9.95. The molecule has 1 aromatic rings. The molecule has 0 N–H and O–H groups in total. The van der Waals surface area contributed by atoms with Gasteiger partial charge in [0.05, 0.1) is 23.2 Å². The first-order chi connectivity index (χ1) is 14.9. The Morgan fingerprint density at radius 2 is 1.55 bits per heavy atom. The molecule has 2 heterocycles. The molecule has 8 nitrogen and oxygen atoms in total. The van der Waals surface area contributed by atoms with E-state index in [-0.39, 0.29) is 29.4 Å². The molecule has 0 bridgehead atoms.